The summed E-state index contributed by atoms with van der Waals surface area (Å²) >= 11 is 0. The molecule has 496 valence electrons. The molecule has 8 aromatic rings. The molecule has 2 aliphatic rings. The molecule has 0 aromatic heterocycles. The molecule has 2 aliphatic carbocycles. The average Bonchev–Trinajstić information content (AvgIpc) is 1.56. The predicted octanol–water partition coefficient (Wildman–Crippen LogP) is 24.3. The Kier molecular flexibility index (Phi) is 26.0. The van der Waals surface area contributed by atoms with Gasteiger partial charge in [-0.2, -0.15) is 0 Å². The van der Waals surface area contributed by atoms with E-state index in [1.807, 2.05) is 12.1 Å². The fourth-order valence-electron chi connectivity index (χ4n) is 15.1. The predicted molar refractivity (Wildman–Crippen MR) is 411 cm³/mol. The summed E-state index contributed by atoms with van der Waals surface area (Å²) in [6.45, 7) is 17.5. The van der Waals surface area contributed by atoms with Crippen LogP contribution in [0.3, 0.4) is 0 Å². The molecule has 10 rings (SSSR count). The number of carbonyl (C=O) groups is 1. The van der Waals surface area contributed by atoms with Crippen molar-refractivity contribution in [2.45, 2.75) is 192 Å². The Balaban J connectivity index is 0.869. The maximum atomic E-state index is 12.1. The standard InChI is InChI=1S/C94H96O4/c1-8-15-18-21-22-24-29-34-65-96-82-53-45-73(46-54-82)71-37-41-75(42-38-71)77-49-57-84-85-59-51-79(69-89(85)93(61-11-4,62-12-5)88(84)67-77)80-52-60-87-86-58-50-78(68-90(86)94(91(87)70-80,63-32-27-19-16-9-2)64-33-28-20-17-10-3)76-43-39-72(40-44-76)74-47-55-83(56-48-74)97-66-35-30-25-23-26-31-36-92(95)98-81(13-6)14-7/h1,13-14,37-60,67-70,81H,6-7,9-12,16-17,19-20,23,25-28,30-33,35-36,61-64,66H2,2-5H3. The molecule has 0 spiro atoms. The van der Waals surface area contributed by atoms with E-state index in [-0.39, 0.29) is 16.8 Å². The number of unbranched alkanes of at least 4 members (excludes halogenated alkanes) is 13. The van der Waals surface area contributed by atoms with E-state index in [1.165, 1.54) is 153 Å². The SMILES string of the molecule is C#CC#CC#CC#CC#COc1ccc(-c2ccc(-c3ccc4c(c3)C(CCC)(CCC)c3cc(-c5ccc6c(c5)C(CCCCCCC)(CCCCCCC)c5cc(-c7ccc(-c8ccc(OCCCCCCCCC(=O)OC(C=C)C=C)cc8)cc7)ccc5-6)ccc3-4)cc2)cc1. The Morgan fingerprint density at radius 2 is 0.724 bits per heavy atom. The largest absolute Gasteiger partial charge is 0.494 e. The Labute approximate surface area is 587 Å². The molecule has 0 atom stereocenters. The van der Waals surface area contributed by atoms with Gasteiger partial charge >= 0.3 is 5.97 Å². The summed E-state index contributed by atoms with van der Waals surface area (Å²) in [4.78, 5) is 12.1. The van der Waals surface area contributed by atoms with Crippen LogP contribution >= 0.6 is 0 Å². The van der Waals surface area contributed by atoms with E-state index < -0.39 is 6.10 Å². The lowest BCUT2D eigenvalue weighted by molar-refractivity contribution is -0.145. The monoisotopic (exact) mass is 1290 g/mol. The zero-order valence-corrected chi connectivity index (χ0v) is 58.5. The van der Waals surface area contributed by atoms with E-state index >= 15 is 0 Å². The molecule has 0 radical (unpaired) electrons. The molecule has 0 aliphatic heterocycles. The van der Waals surface area contributed by atoms with Crippen LogP contribution in [0.4, 0.5) is 0 Å². The van der Waals surface area contributed by atoms with Gasteiger partial charge in [0.1, 0.15) is 23.7 Å². The van der Waals surface area contributed by atoms with Gasteiger partial charge in [0.2, 0.25) is 0 Å². The minimum Gasteiger partial charge on any atom is -0.494 e. The van der Waals surface area contributed by atoms with Crippen LogP contribution in [-0.4, -0.2) is 18.7 Å². The van der Waals surface area contributed by atoms with Crippen molar-refractivity contribution in [3.63, 3.8) is 0 Å². The summed E-state index contributed by atoms with van der Waals surface area (Å²) in [6.07, 6.45) is 36.5. The molecule has 0 saturated carbocycles. The highest BCUT2D eigenvalue weighted by atomic mass is 16.5. The Morgan fingerprint density at radius 3 is 1.14 bits per heavy atom. The van der Waals surface area contributed by atoms with Crippen molar-refractivity contribution >= 4 is 5.97 Å². The summed E-state index contributed by atoms with van der Waals surface area (Å²) in [6, 6.07) is 64.5. The van der Waals surface area contributed by atoms with Gasteiger partial charge in [-0.25, -0.2) is 0 Å². The molecule has 4 nitrogen and oxygen atoms in total. The number of ether oxygens (including phenoxy) is 3. The van der Waals surface area contributed by atoms with E-state index in [4.69, 9.17) is 20.6 Å². The second kappa shape index (κ2) is 35.9. The Bertz CT molecular complexity index is 4300. The van der Waals surface area contributed by atoms with Crippen LogP contribution in [0.15, 0.2) is 195 Å². The Hall–Kier alpha value is -9.89. The van der Waals surface area contributed by atoms with Crippen molar-refractivity contribution < 1.29 is 19.0 Å². The first-order valence-corrected chi connectivity index (χ1v) is 36.4. The molecular formula is C94H96O4. The van der Waals surface area contributed by atoms with Gasteiger partial charge in [-0.3, -0.25) is 4.79 Å². The molecule has 0 fully saturated rings. The van der Waals surface area contributed by atoms with Gasteiger partial charge in [-0.15, -0.1) is 6.42 Å². The molecule has 0 N–H and O–H groups in total. The second-order valence-electron chi connectivity index (χ2n) is 26.6. The maximum Gasteiger partial charge on any atom is 0.306 e. The van der Waals surface area contributed by atoms with Crippen molar-refractivity contribution in [1.82, 2.24) is 0 Å². The molecule has 0 amide bonds. The van der Waals surface area contributed by atoms with Crippen LogP contribution in [0.25, 0.3) is 77.9 Å². The van der Waals surface area contributed by atoms with Crippen LogP contribution in [0.2, 0.25) is 0 Å². The summed E-state index contributed by atoms with van der Waals surface area (Å²) in [7, 11) is 0. The summed E-state index contributed by atoms with van der Waals surface area (Å²) < 4.78 is 17.1. The highest BCUT2D eigenvalue weighted by molar-refractivity contribution is 5.89. The topological polar surface area (TPSA) is 44.8 Å². The van der Waals surface area contributed by atoms with Crippen molar-refractivity contribution in [3.05, 3.63) is 217 Å². The first kappa shape index (κ1) is 70.9. The number of terminal acetylenes is 1. The van der Waals surface area contributed by atoms with Crippen molar-refractivity contribution in [3.8, 4) is 149 Å². The van der Waals surface area contributed by atoms with E-state index in [1.54, 1.807) is 12.2 Å². The van der Waals surface area contributed by atoms with Crippen LogP contribution in [0, 0.1) is 59.9 Å². The van der Waals surface area contributed by atoms with E-state index in [2.05, 4.69) is 252 Å². The zero-order chi connectivity index (χ0) is 68.4. The molecule has 0 unspecified atom stereocenters. The van der Waals surface area contributed by atoms with Gasteiger partial charge in [0.25, 0.3) is 0 Å². The maximum absolute atomic E-state index is 12.1. The fraction of sp³-hybridized carbons (Fsp3) is 0.330. The van der Waals surface area contributed by atoms with Crippen molar-refractivity contribution in [1.29, 1.82) is 0 Å². The van der Waals surface area contributed by atoms with E-state index in [0.717, 1.165) is 93.9 Å². The first-order chi connectivity index (χ1) is 48.2. The third kappa shape index (κ3) is 17.4. The molecule has 0 bridgehead atoms. The molecule has 0 heterocycles. The van der Waals surface area contributed by atoms with Crippen LogP contribution < -0.4 is 9.47 Å². The number of esters is 1. The van der Waals surface area contributed by atoms with Crippen molar-refractivity contribution in [2.75, 3.05) is 6.61 Å². The highest BCUT2D eigenvalue weighted by Gasteiger charge is 2.44. The quantitative estimate of drug-likeness (QED) is 0.0172. The third-order valence-electron chi connectivity index (χ3n) is 20.1. The number of rotatable bonds is 35. The summed E-state index contributed by atoms with van der Waals surface area (Å²) in [5, 5.41) is 0. The fourth-order valence-corrected chi connectivity index (χ4v) is 15.1. The smallest absolute Gasteiger partial charge is 0.306 e. The van der Waals surface area contributed by atoms with Gasteiger partial charge in [0.05, 0.1) is 6.61 Å². The number of carbonyl (C=O) groups excluding carboxylic acids is 1. The highest BCUT2D eigenvalue weighted by Crippen LogP contribution is 2.58. The van der Waals surface area contributed by atoms with Gasteiger partial charge in [0, 0.05) is 40.9 Å². The molecule has 4 heteroatoms. The van der Waals surface area contributed by atoms with Crippen LogP contribution in [0.5, 0.6) is 11.5 Å². The number of hydrogen-bond donors (Lipinski definition) is 0. The zero-order valence-electron chi connectivity index (χ0n) is 58.5. The normalized spacial score (nSPS) is 12.3. The van der Waals surface area contributed by atoms with Gasteiger partial charge < -0.3 is 14.2 Å². The lowest BCUT2D eigenvalue weighted by Gasteiger charge is -2.34. The van der Waals surface area contributed by atoms with Crippen molar-refractivity contribution in [2.24, 2.45) is 0 Å². The third-order valence-corrected chi connectivity index (χ3v) is 20.1. The molecular weight excluding hydrogens is 1190 g/mol. The molecule has 98 heavy (non-hydrogen) atoms. The second-order valence-corrected chi connectivity index (χ2v) is 26.6. The number of fused-ring (bicyclic) bond motifs is 6. The lowest BCUT2D eigenvalue weighted by atomic mass is 9.69. The van der Waals surface area contributed by atoms with Gasteiger partial charge in [0.15, 0.2) is 0 Å². The minimum absolute atomic E-state index is 0.0859. The number of hydrogen-bond acceptors (Lipinski definition) is 4. The van der Waals surface area contributed by atoms with Gasteiger partial charge in [-0.05, 0) is 223 Å². The summed E-state index contributed by atoms with van der Waals surface area (Å²) in [5.41, 5.74) is 23.7. The molecule has 8 aromatic carbocycles. The van der Waals surface area contributed by atoms with E-state index in [9.17, 15) is 4.79 Å². The van der Waals surface area contributed by atoms with E-state index in [0.29, 0.717) is 18.8 Å². The lowest BCUT2D eigenvalue weighted by Crippen LogP contribution is -2.26. The Morgan fingerprint density at radius 1 is 0.388 bits per heavy atom. The van der Waals surface area contributed by atoms with Crippen LogP contribution in [0.1, 0.15) is 198 Å². The first-order valence-electron chi connectivity index (χ1n) is 36.4. The summed E-state index contributed by atoms with van der Waals surface area (Å²) in [5.74, 6) is 21.6. The average molecular weight is 1290 g/mol. The number of benzene rings is 8. The molecule has 0 saturated heterocycles. The van der Waals surface area contributed by atoms with Crippen LogP contribution in [-0.2, 0) is 20.4 Å². The minimum atomic E-state index is -0.410. The van der Waals surface area contributed by atoms with Gasteiger partial charge in [-0.1, -0.05) is 265 Å².